The van der Waals surface area contributed by atoms with E-state index < -0.39 is 0 Å². The van der Waals surface area contributed by atoms with Gasteiger partial charge in [0, 0.05) is 24.0 Å². The van der Waals surface area contributed by atoms with Crippen LogP contribution in [0.25, 0.3) is 0 Å². The van der Waals surface area contributed by atoms with Crippen LogP contribution < -0.4 is 5.32 Å². The maximum Gasteiger partial charge on any atom is 0.115 e. The Hall–Kier alpha value is -0.960. The first kappa shape index (κ1) is 15.1. The molecule has 18 heavy (non-hydrogen) atoms. The molecule has 3 heteroatoms. The maximum absolute atomic E-state index is 4.13. The molecule has 1 N–H and O–H groups in total. The minimum absolute atomic E-state index is 0.389. The largest absolute Gasteiger partial charge is 0.310 e. The van der Waals surface area contributed by atoms with Crippen molar-refractivity contribution in [1.82, 2.24) is 15.3 Å². The molecule has 1 aromatic heterocycles. The van der Waals surface area contributed by atoms with Crippen LogP contribution in [-0.2, 0) is 0 Å². The van der Waals surface area contributed by atoms with Crippen LogP contribution in [0.1, 0.15) is 58.6 Å². The molecule has 1 rings (SSSR count). The van der Waals surface area contributed by atoms with Gasteiger partial charge in [0.05, 0.1) is 0 Å². The summed E-state index contributed by atoms with van der Waals surface area (Å²) >= 11 is 0. The molecular formula is C15H27N3. The van der Waals surface area contributed by atoms with Gasteiger partial charge in [-0.2, -0.15) is 0 Å². The van der Waals surface area contributed by atoms with Gasteiger partial charge in [-0.3, -0.25) is 0 Å². The lowest BCUT2D eigenvalue weighted by Gasteiger charge is -2.23. The summed E-state index contributed by atoms with van der Waals surface area (Å²) in [6.45, 7) is 10.2. The molecular weight excluding hydrogens is 222 g/mol. The molecule has 0 saturated carbocycles. The van der Waals surface area contributed by atoms with Crippen LogP contribution in [0.2, 0.25) is 0 Å². The molecule has 1 heterocycles. The molecule has 0 saturated heterocycles. The van der Waals surface area contributed by atoms with E-state index in [9.17, 15) is 0 Å². The van der Waals surface area contributed by atoms with E-state index in [1.165, 1.54) is 12.0 Å². The van der Waals surface area contributed by atoms with E-state index in [0.717, 1.165) is 31.2 Å². The molecule has 1 aromatic rings. The number of nitrogens with zero attached hydrogens (tertiary/aromatic N) is 2. The fourth-order valence-electron chi connectivity index (χ4n) is 2.45. The van der Waals surface area contributed by atoms with Crippen molar-refractivity contribution in [3.8, 4) is 0 Å². The Morgan fingerprint density at radius 1 is 1.11 bits per heavy atom. The average Bonchev–Trinajstić information content (AvgIpc) is 2.34. The number of rotatable bonds is 8. The second-order valence-electron chi connectivity index (χ2n) is 5.65. The van der Waals surface area contributed by atoms with Crippen molar-refractivity contribution in [1.29, 1.82) is 0 Å². The molecule has 2 unspecified atom stereocenters. The summed E-state index contributed by atoms with van der Waals surface area (Å²) in [6.07, 6.45) is 9.05. The topological polar surface area (TPSA) is 37.8 Å². The van der Waals surface area contributed by atoms with E-state index in [2.05, 4.69) is 43.0 Å². The van der Waals surface area contributed by atoms with Crippen LogP contribution >= 0.6 is 0 Å². The highest BCUT2D eigenvalue weighted by Gasteiger charge is 2.16. The van der Waals surface area contributed by atoms with Crippen LogP contribution in [0, 0.1) is 11.8 Å². The van der Waals surface area contributed by atoms with Crippen molar-refractivity contribution in [2.75, 3.05) is 6.54 Å². The van der Waals surface area contributed by atoms with E-state index in [1.54, 1.807) is 6.33 Å². The van der Waals surface area contributed by atoms with Crippen molar-refractivity contribution in [2.24, 2.45) is 11.8 Å². The molecule has 0 bridgehead atoms. The molecule has 0 fully saturated rings. The molecule has 0 amide bonds. The number of hydrogen-bond acceptors (Lipinski definition) is 3. The summed E-state index contributed by atoms with van der Waals surface area (Å²) in [5, 5.41) is 3.61. The Bertz CT molecular complexity index is 311. The third-order valence-corrected chi connectivity index (χ3v) is 3.14. The Labute approximate surface area is 111 Å². The Kier molecular flexibility index (Phi) is 6.88. The zero-order chi connectivity index (χ0) is 13.4. The van der Waals surface area contributed by atoms with Gasteiger partial charge in [0.2, 0.25) is 0 Å². The minimum atomic E-state index is 0.389. The monoisotopic (exact) mass is 249 g/mol. The highest BCUT2D eigenvalue weighted by Crippen LogP contribution is 2.24. The van der Waals surface area contributed by atoms with Crippen molar-refractivity contribution in [3.63, 3.8) is 0 Å². The molecule has 0 spiro atoms. The van der Waals surface area contributed by atoms with Gasteiger partial charge < -0.3 is 5.32 Å². The maximum atomic E-state index is 4.13. The zero-order valence-corrected chi connectivity index (χ0v) is 12.2. The van der Waals surface area contributed by atoms with Crippen molar-refractivity contribution < 1.29 is 0 Å². The molecule has 2 atom stereocenters. The lowest BCUT2D eigenvalue weighted by molar-refractivity contribution is 0.355. The van der Waals surface area contributed by atoms with E-state index in [4.69, 9.17) is 0 Å². The van der Waals surface area contributed by atoms with Gasteiger partial charge in [0.15, 0.2) is 0 Å². The molecule has 0 radical (unpaired) electrons. The van der Waals surface area contributed by atoms with Gasteiger partial charge in [-0.15, -0.1) is 0 Å². The summed E-state index contributed by atoms with van der Waals surface area (Å²) in [4.78, 5) is 8.26. The SMILES string of the molecule is CCCNC(CC(C)CC(C)C)c1cncnc1. The highest BCUT2D eigenvalue weighted by molar-refractivity contribution is 5.09. The van der Waals surface area contributed by atoms with E-state index in [0.29, 0.717) is 6.04 Å². The second-order valence-corrected chi connectivity index (χ2v) is 5.65. The fourth-order valence-corrected chi connectivity index (χ4v) is 2.45. The summed E-state index contributed by atoms with van der Waals surface area (Å²) in [7, 11) is 0. The number of nitrogens with one attached hydrogen (secondary N) is 1. The summed E-state index contributed by atoms with van der Waals surface area (Å²) < 4.78 is 0. The highest BCUT2D eigenvalue weighted by atomic mass is 14.9. The Morgan fingerprint density at radius 3 is 2.33 bits per heavy atom. The molecule has 0 aliphatic rings. The predicted molar refractivity (Wildman–Crippen MR) is 76.3 cm³/mol. The molecule has 3 nitrogen and oxygen atoms in total. The lowest BCUT2D eigenvalue weighted by Crippen LogP contribution is -2.24. The van der Waals surface area contributed by atoms with Crippen LogP contribution in [0.15, 0.2) is 18.7 Å². The first-order chi connectivity index (χ1) is 8.63. The average molecular weight is 249 g/mol. The summed E-state index contributed by atoms with van der Waals surface area (Å²) in [5.74, 6) is 1.48. The van der Waals surface area contributed by atoms with Crippen molar-refractivity contribution in [3.05, 3.63) is 24.3 Å². The molecule has 0 aliphatic heterocycles. The first-order valence-electron chi connectivity index (χ1n) is 7.11. The Balaban J connectivity index is 2.61. The third-order valence-electron chi connectivity index (χ3n) is 3.14. The third kappa shape index (κ3) is 5.58. The van der Waals surface area contributed by atoms with Crippen molar-refractivity contribution >= 4 is 0 Å². The van der Waals surface area contributed by atoms with Gasteiger partial charge in [0.1, 0.15) is 6.33 Å². The molecule has 0 aliphatic carbocycles. The smallest absolute Gasteiger partial charge is 0.115 e. The van der Waals surface area contributed by atoms with E-state index in [-0.39, 0.29) is 0 Å². The van der Waals surface area contributed by atoms with Crippen LogP contribution in [0.4, 0.5) is 0 Å². The summed E-state index contributed by atoms with van der Waals surface area (Å²) in [5.41, 5.74) is 1.21. The standard InChI is InChI=1S/C15H27N3/c1-5-6-18-15(8-13(4)7-12(2)3)14-9-16-11-17-10-14/h9-13,15,18H,5-8H2,1-4H3. The molecule has 102 valence electrons. The first-order valence-corrected chi connectivity index (χ1v) is 7.11. The van der Waals surface area contributed by atoms with Gasteiger partial charge in [0.25, 0.3) is 0 Å². The Morgan fingerprint density at radius 2 is 1.78 bits per heavy atom. The normalized spacial score (nSPS) is 14.7. The van der Waals surface area contributed by atoms with Gasteiger partial charge >= 0.3 is 0 Å². The van der Waals surface area contributed by atoms with Crippen molar-refractivity contribution in [2.45, 2.75) is 53.0 Å². The van der Waals surface area contributed by atoms with Gasteiger partial charge in [-0.05, 0) is 37.6 Å². The predicted octanol–water partition coefficient (Wildman–Crippen LogP) is 3.59. The van der Waals surface area contributed by atoms with Gasteiger partial charge in [-0.25, -0.2) is 9.97 Å². The number of aromatic nitrogens is 2. The van der Waals surface area contributed by atoms with Gasteiger partial charge in [-0.1, -0.05) is 27.7 Å². The summed E-state index contributed by atoms with van der Waals surface area (Å²) in [6, 6.07) is 0.389. The molecule has 0 aromatic carbocycles. The fraction of sp³-hybridized carbons (Fsp3) is 0.733. The van der Waals surface area contributed by atoms with E-state index >= 15 is 0 Å². The minimum Gasteiger partial charge on any atom is -0.310 e. The second kappa shape index (κ2) is 8.20. The van der Waals surface area contributed by atoms with Crippen LogP contribution in [-0.4, -0.2) is 16.5 Å². The van der Waals surface area contributed by atoms with E-state index in [1.807, 2.05) is 12.4 Å². The zero-order valence-electron chi connectivity index (χ0n) is 12.2. The van der Waals surface area contributed by atoms with Crippen LogP contribution in [0.3, 0.4) is 0 Å². The number of hydrogen-bond donors (Lipinski definition) is 1. The quantitative estimate of drug-likeness (QED) is 0.765. The lowest BCUT2D eigenvalue weighted by atomic mass is 9.90. The van der Waals surface area contributed by atoms with Crippen LogP contribution in [0.5, 0.6) is 0 Å².